The molecular formula is C14H24N2O6. The molecule has 0 bridgehead atoms. The lowest BCUT2D eigenvalue weighted by molar-refractivity contribution is -0.340. The molecule has 3 aliphatic rings. The van der Waals surface area contributed by atoms with Gasteiger partial charge in [-0.15, -0.1) is 0 Å². The van der Waals surface area contributed by atoms with Gasteiger partial charge in [0.25, 0.3) is 0 Å². The Morgan fingerprint density at radius 2 is 1.68 bits per heavy atom. The fraction of sp³-hybridized carbons (Fsp3) is 0.929. The molecule has 0 radical (unpaired) electrons. The van der Waals surface area contributed by atoms with E-state index in [0.717, 1.165) is 0 Å². The molecule has 8 heteroatoms. The maximum atomic E-state index is 12.1. The molecule has 3 rings (SSSR count). The molecule has 0 aromatic heterocycles. The van der Waals surface area contributed by atoms with Gasteiger partial charge in [-0.05, 0) is 21.0 Å². The third-order valence-electron chi connectivity index (χ3n) is 4.80. The Kier molecular flexibility index (Phi) is 4.52. The molecule has 1 saturated carbocycles. The Morgan fingerprint density at radius 1 is 1.00 bits per heavy atom. The van der Waals surface area contributed by atoms with Gasteiger partial charge in [0.2, 0.25) is 0 Å². The zero-order valence-corrected chi connectivity index (χ0v) is 12.9. The summed E-state index contributed by atoms with van der Waals surface area (Å²) >= 11 is 0. The smallest absolute Gasteiger partial charge is 0.191 e. The van der Waals surface area contributed by atoms with Crippen LogP contribution >= 0.6 is 0 Å². The first kappa shape index (κ1) is 16.3. The number of aliphatic hydroxyl groups excluding tert-OH is 2. The zero-order valence-electron chi connectivity index (χ0n) is 12.9. The van der Waals surface area contributed by atoms with Gasteiger partial charge in [-0.25, -0.2) is 0 Å². The highest BCUT2D eigenvalue weighted by molar-refractivity contribution is 5.84. The van der Waals surface area contributed by atoms with Crippen molar-refractivity contribution in [1.29, 1.82) is 0 Å². The van der Waals surface area contributed by atoms with Crippen molar-refractivity contribution in [2.45, 2.75) is 68.3 Å². The zero-order chi connectivity index (χ0) is 16.0. The van der Waals surface area contributed by atoms with Gasteiger partial charge in [-0.2, -0.15) is 0 Å². The first-order chi connectivity index (χ1) is 10.5. The number of hydrogen-bond acceptors (Lipinski definition) is 8. The summed E-state index contributed by atoms with van der Waals surface area (Å²) in [5, 5.41) is 26.8. The second kappa shape index (κ2) is 6.12. The summed E-state index contributed by atoms with van der Waals surface area (Å²) < 4.78 is 17.4. The highest BCUT2D eigenvalue weighted by Crippen LogP contribution is 2.35. The second-order valence-corrected chi connectivity index (χ2v) is 6.22. The van der Waals surface area contributed by atoms with Crippen LogP contribution in [0.15, 0.2) is 0 Å². The predicted octanol–water partition coefficient (Wildman–Crippen LogP) is -2.25. The van der Waals surface area contributed by atoms with E-state index in [2.05, 4.69) is 10.6 Å². The molecule has 0 aromatic carbocycles. The van der Waals surface area contributed by atoms with E-state index in [4.69, 9.17) is 14.2 Å². The van der Waals surface area contributed by atoms with Crippen LogP contribution in [-0.2, 0) is 19.0 Å². The van der Waals surface area contributed by atoms with E-state index in [9.17, 15) is 15.0 Å². The lowest BCUT2D eigenvalue weighted by atomic mass is 9.80. The van der Waals surface area contributed by atoms with E-state index in [1.165, 1.54) is 0 Å². The number of rotatable bonds is 2. The van der Waals surface area contributed by atoms with Crippen LogP contribution in [0.2, 0.25) is 0 Å². The molecule has 22 heavy (non-hydrogen) atoms. The number of fused-ring (bicyclic) bond motifs is 2. The van der Waals surface area contributed by atoms with E-state index in [0.29, 0.717) is 0 Å². The normalized spacial score (nSPS) is 52.0. The lowest BCUT2D eigenvalue weighted by Gasteiger charge is -2.53. The predicted molar refractivity (Wildman–Crippen MR) is 75.2 cm³/mol. The van der Waals surface area contributed by atoms with Gasteiger partial charge in [0.15, 0.2) is 18.2 Å². The fourth-order valence-electron chi connectivity index (χ4n) is 3.69. The largest absolute Gasteiger partial charge is 0.390 e. The molecule has 2 heterocycles. The summed E-state index contributed by atoms with van der Waals surface area (Å²) in [5.41, 5.74) is 0. The lowest BCUT2D eigenvalue weighted by Crippen LogP contribution is -2.75. The quantitative estimate of drug-likeness (QED) is 0.453. The van der Waals surface area contributed by atoms with Crippen LogP contribution in [0.3, 0.4) is 0 Å². The number of Topliss-reactive ketones (excluding diaryl/α,β-unsaturated/α-hetero) is 1. The van der Waals surface area contributed by atoms with Crippen LogP contribution in [0.1, 0.15) is 13.3 Å². The summed E-state index contributed by atoms with van der Waals surface area (Å²) in [5.74, 6) is -0.0724. The highest BCUT2D eigenvalue weighted by Gasteiger charge is 2.57. The molecule has 0 aromatic rings. The van der Waals surface area contributed by atoms with Gasteiger partial charge >= 0.3 is 0 Å². The summed E-state index contributed by atoms with van der Waals surface area (Å²) in [7, 11) is 3.37. The number of nitrogens with one attached hydrogen (secondary N) is 2. The Hall–Kier alpha value is -0.610. The van der Waals surface area contributed by atoms with Crippen molar-refractivity contribution in [3.63, 3.8) is 0 Å². The van der Waals surface area contributed by atoms with E-state index in [1.807, 2.05) is 0 Å². The van der Waals surface area contributed by atoms with Crippen molar-refractivity contribution in [3.8, 4) is 0 Å². The average Bonchev–Trinajstić information content (AvgIpc) is 2.47. The van der Waals surface area contributed by atoms with E-state index in [1.54, 1.807) is 21.0 Å². The summed E-state index contributed by atoms with van der Waals surface area (Å²) in [4.78, 5) is 12.1. The van der Waals surface area contributed by atoms with E-state index >= 15 is 0 Å². The van der Waals surface area contributed by atoms with E-state index in [-0.39, 0.29) is 18.3 Å². The number of carbonyl (C=O) groups is 1. The molecule has 2 aliphatic heterocycles. The van der Waals surface area contributed by atoms with Gasteiger partial charge < -0.3 is 35.1 Å². The summed E-state index contributed by atoms with van der Waals surface area (Å²) in [6.07, 6.45) is -4.72. The van der Waals surface area contributed by atoms with Crippen LogP contribution in [0.5, 0.6) is 0 Å². The van der Waals surface area contributed by atoms with Crippen LogP contribution in [0.25, 0.3) is 0 Å². The molecule has 1 aliphatic carbocycles. The minimum Gasteiger partial charge on any atom is -0.390 e. The first-order valence-electron chi connectivity index (χ1n) is 7.67. The Balaban J connectivity index is 1.86. The van der Waals surface area contributed by atoms with Gasteiger partial charge in [-0.3, -0.25) is 4.79 Å². The highest BCUT2D eigenvalue weighted by atomic mass is 16.7. The van der Waals surface area contributed by atoms with Crippen molar-refractivity contribution in [3.05, 3.63) is 0 Å². The SMILES string of the molecule is CN[C@@H]1C(O)[C@H](NC)[C@H]2O[C@H]3C(=O)CC(C)O[C@H]3O[C@@H]2[C@H]1O. The number of carbonyl (C=O) groups excluding carboxylic acids is 1. The number of hydrogen-bond donors (Lipinski definition) is 4. The van der Waals surface area contributed by atoms with Crippen molar-refractivity contribution in [2.24, 2.45) is 0 Å². The molecule has 2 saturated heterocycles. The molecule has 0 spiro atoms. The maximum absolute atomic E-state index is 12.1. The topological polar surface area (TPSA) is 109 Å². The second-order valence-electron chi connectivity index (χ2n) is 6.22. The first-order valence-corrected chi connectivity index (χ1v) is 7.67. The van der Waals surface area contributed by atoms with Crippen molar-refractivity contribution < 1.29 is 29.2 Å². The van der Waals surface area contributed by atoms with Crippen LogP contribution in [0.4, 0.5) is 0 Å². The van der Waals surface area contributed by atoms with Crippen molar-refractivity contribution in [2.75, 3.05) is 14.1 Å². The minimum atomic E-state index is -0.966. The number of ketones is 1. The van der Waals surface area contributed by atoms with Gasteiger partial charge in [0.1, 0.15) is 18.3 Å². The third kappa shape index (κ3) is 2.48. The maximum Gasteiger partial charge on any atom is 0.191 e. The number of aliphatic hydroxyl groups is 2. The van der Waals surface area contributed by atoms with Gasteiger partial charge in [0.05, 0.1) is 24.3 Å². The standard InChI is InChI=1S/C14H24N2O6/c1-5-4-6(17)11-14(20-5)22-13-10(19)7(15-2)9(18)8(16-3)12(13)21-11/h5,7-16,18-19H,4H2,1-3H3/t5?,7-,8+,9?,10+,11+,12-,13-,14+/m1/s1. The molecule has 4 N–H and O–H groups in total. The Morgan fingerprint density at radius 3 is 2.32 bits per heavy atom. The molecule has 126 valence electrons. The third-order valence-corrected chi connectivity index (χ3v) is 4.80. The molecule has 8 nitrogen and oxygen atoms in total. The van der Waals surface area contributed by atoms with Gasteiger partial charge in [-0.1, -0.05) is 0 Å². The Bertz CT molecular complexity index is 436. The summed E-state index contributed by atoms with van der Waals surface area (Å²) in [6.45, 7) is 1.80. The van der Waals surface area contributed by atoms with Crippen molar-refractivity contribution >= 4 is 5.78 Å². The van der Waals surface area contributed by atoms with Crippen LogP contribution in [0, 0.1) is 0 Å². The van der Waals surface area contributed by atoms with Crippen molar-refractivity contribution in [1.82, 2.24) is 10.6 Å². The molecule has 3 fully saturated rings. The molecule has 2 unspecified atom stereocenters. The van der Waals surface area contributed by atoms with Crippen LogP contribution < -0.4 is 10.6 Å². The number of likely N-dealkylation sites (N-methyl/N-ethyl adjacent to an activating group) is 2. The average molecular weight is 316 g/mol. The van der Waals surface area contributed by atoms with Gasteiger partial charge in [0, 0.05) is 6.42 Å². The summed E-state index contributed by atoms with van der Waals surface area (Å²) in [6, 6.07) is -1.02. The minimum absolute atomic E-state index is 0.0724. The number of ether oxygens (including phenoxy) is 3. The Labute approximate surface area is 129 Å². The fourth-order valence-corrected chi connectivity index (χ4v) is 3.69. The molecule has 0 amide bonds. The van der Waals surface area contributed by atoms with Crippen LogP contribution in [-0.4, -0.2) is 85.1 Å². The molecule has 9 atom stereocenters. The van der Waals surface area contributed by atoms with E-state index < -0.39 is 48.9 Å². The monoisotopic (exact) mass is 316 g/mol. The molecular weight excluding hydrogens is 292 g/mol.